The fourth-order valence-electron chi connectivity index (χ4n) is 1.90. The largest absolute Gasteiger partial charge is 0.444 e. The summed E-state index contributed by atoms with van der Waals surface area (Å²) < 4.78 is 32.6. The minimum atomic E-state index is -3.56. The van der Waals surface area contributed by atoms with Crippen LogP contribution in [0, 0.1) is 20.8 Å². The molecule has 0 spiro atoms. The normalized spacial score (nSPS) is 12.0. The van der Waals surface area contributed by atoms with Gasteiger partial charge in [0.2, 0.25) is 15.9 Å². The lowest BCUT2D eigenvalue weighted by molar-refractivity contribution is 0.463. The van der Waals surface area contributed by atoms with Gasteiger partial charge in [0.15, 0.2) is 0 Å². The molecule has 0 aromatic carbocycles. The Morgan fingerprint density at radius 1 is 1.29 bits per heavy atom. The van der Waals surface area contributed by atoms with E-state index in [1.54, 1.807) is 19.9 Å². The SMILES string of the molecule is CNCc1cc(S(=O)(=O)NCc2nc(C)c(C)o2)c(C)s1. The highest BCUT2D eigenvalue weighted by Gasteiger charge is 2.20. The van der Waals surface area contributed by atoms with Crippen LogP contribution in [0.2, 0.25) is 0 Å². The van der Waals surface area contributed by atoms with Gasteiger partial charge in [-0.25, -0.2) is 18.1 Å². The highest BCUT2D eigenvalue weighted by molar-refractivity contribution is 7.89. The van der Waals surface area contributed by atoms with E-state index in [1.165, 1.54) is 11.3 Å². The molecular weight excluding hydrogens is 310 g/mol. The van der Waals surface area contributed by atoms with Crippen molar-refractivity contribution in [2.75, 3.05) is 7.05 Å². The van der Waals surface area contributed by atoms with Crippen molar-refractivity contribution in [3.8, 4) is 0 Å². The fraction of sp³-hybridized carbons (Fsp3) is 0.462. The van der Waals surface area contributed by atoms with E-state index in [-0.39, 0.29) is 6.54 Å². The van der Waals surface area contributed by atoms with Crippen molar-refractivity contribution in [3.63, 3.8) is 0 Å². The average Bonchev–Trinajstić information content (AvgIpc) is 2.92. The number of nitrogens with one attached hydrogen (secondary N) is 2. The third-order valence-corrected chi connectivity index (χ3v) is 5.76. The van der Waals surface area contributed by atoms with Crippen molar-refractivity contribution >= 4 is 21.4 Å². The molecule has 0 unspecified atom stereocenters. The average molecular weight is 329 g/mol. The molecule has 0 aliphatic carbocycles. The number of aryl methyl sites for hydroxylation is 3. The Morgan fingerprint density at radius 3 is 2.57 bits per heavy atom. The lowest BCUT2D eigenvalue weighted by atomic mass is 10.4. The van der Waals surface area contributed by atoms with Crippen LogP contribution in [0.15, 0.2) is 15.4 Å². The fourth-order valence-corrected chi connectivity index (χ4v) is 4.52. The van der Waals surface area contributed by atoms with Gasteiger partial charge in [-0.2, -0.15) is 0 Å². The topological polar surface area (TPSA) is 84.2 Å². The predicted octanol–water partition coefficient (Wildman–Crippen LogP) is 1.86. The zero-order valence-corrected chi connectivity index (χ0v) is 14.1. The maximum atomic E-state index is 12.3. The number of oxazole rings is 1. The van der Waals surface area contributed by atoms with Gasteiger partial charge in [-0.3, -0.25) is 0 Å². The molecule has 0 saturated carbocycles. The molecule has 0 aliphatic heterocycles. The molecule has 8 heteroatoms. The third kappa shape index (κ3) is 3.70. The zero-order valence-electron chi connectivity index (χ0n) is 12.5. The van der Waals surface area contributed by atoms with Crippen LogP contribution in [-0.2, 0) is 23.1 Å². The Morgan fingerprint density at radius 2 is 2.00 bits per heavy atom. The highest BCUT2D eigenvalue weighted by Crippen LogP contribution is 2.25. The van der Waals surface area contributed by atoms with Crippen molar-refractivity contribution in [1.82, 2.24) is 15.0 Å². The first kappa shape index (κ1) is 16.2. The van der Waals surface area contributed by atoms with Crippen molar-refractivity contribution in [2.24, 2.45) is 0 Å². The molecule has 2 N–H and O–H groups in total. The number of aromatic nitrogens is 1. The van der Waals surface area contributed by atoms with Crippen LogP contribution in [-0.4, -0.2) is 20.4 Å². The third-order valence-electron chi connectivity index (χ3n) is 3.05. The number of rotatable bonds is 6. The van der Waals surface area contributed by atoms with Crippen molar-refractivity contribution in [1.29, 1.82) is 0 Å². The summed E-state index contributed by atoms with van der Waals surface area (Å²) in [4.78, 5) is 6.24. The number of hydrogen-bond donors (Lipinski definition) is 2. The first-order valence-corrected chi connectivity index (χ1v) is 8.80. The van der Waals surface area contributed by atoms with E-state index in [0.717, 1.165) is 15.4 Å². The number of sulfonamides is 1. The van der Waals surface area contributed by atoms with Gasteiger partial charge in [-0.05, 0) is 33.9 Å². The van der Waals surface area contributed by atoms with Crippen LogP contribution in [0.25, 0.3) is 0 Å². The summed E-state index contributed by atoms with van der Waals surface area (Å²) in [7, 11) is -1.73. The molecule has 2 heterocycles. The summed E-state index contributed by atoms with van der Waals surface area (Å²) in [6, 6.07) is 1.70. The monoisotopic (exact) mass is 329 g/mol. The van der Waals surface area contributed by atoms with Gasteiger partial charge in [-0.1, -0.05) is 0 Å². The van der Waals surface area contributed by atoms with Gasteiger partial charge < -0.3 is 9.73 Å². The molecule has 6 nitrogen and oxygen atoms in total. The molecule has 0 radical (unpaired) electrons. The summed E-state index contributed by atoms with van der Waals surface area (Å²) >= 11 is 1.47. The summed E-state index contributed by atoms with van der Waals surface area (Å²) in [5.41, 5.74) is 0.771. The molecule has 2 aromatic rings. The van der Waals surface area contributed by atoms with Gasteiger partial charge in [-0.15, -0.1) is 11.3 Å². The van der Waals surface area contributed by atoms with Gasteiger partial charge >= 0.3 is 0 Å². The van der Waals surface area contributed by atoms with Crippen molar-refractivity contribution in [2.45, 2.75) is 38.8 Å². The van der Waals surface area contributed by atoms with Crippen LogP contribution < -0.4 is 10.0 Å². The first-order valence-electron chi connectivity index (χ1n) is 6.50. The van der Waals surface area contributed by atoms with Crippen LogP contribution in [0.4, 0.5) is 0 Å². The molecule has 2 aromatic heterocycles. The Hall–Kier alpha value is -1.22. The van der Waals surface area contributed by atoms with Crippen LogP contribution in [0.3, 0.4) is 0 Å². The molecule has 2 rings (SSSR count). The quantitative estimate of drug-likeness (QED) is 0.845. The molecule has 0 saturated heterocycles. The summed E-state index contributed by atoms with van der Waals surface area (Å²) in [6.45, 7) is 6.13. The van der Waals surface area contributed by atoms with Crippen LogP contribution in [0.1, 0.15) is 27.1 Å². The summed E-state index contributed by atoms with van der Waals surface area (Å²) in [5.74, 6) is 1.07. The van der Waals surface area contributed by atoms with Crippen LogP contribution in [0.5, 0.6) is 0 Å². The molecule has 0 amide bonds. The molecule has 116 valence electrons. The molecule has 0 atom stereocenters. The van der Waals surface area contributed by atoms with E-state index in [9.17, 15) is 8.42 Å². The smallest absolute Gasteiger partial charge is 0.242 e. The first-order chi connectivity index (χ1) is 9.83. The molecule has 0 aliphatic rings. The van der Waals surface area contributed by atoms with Gasteiger partial charge in [0, 0.05) is 16.3 Å². The maximum Gasteiger partial charge on any atom is 0.242 e. The molecule has 21 heavy (non-hydrogen) atoms. The second kappa shape index (κ2) is 6.27. The van der Waals surface area contributed by atoms with Gasteiger partial charge in [0.05, 0.1) is 17.1 Å². The Labute approximate surface area is 128 Å². The summed E-state index contributed by atoms with van der Waals surface area (Å²) in [5, 5.41) is 3.01. The number of hydrogen-bond acceptors (Lipinski definition) is 6. The Kier molecular flexibility index (Phi) is 4.82. The minimum Gasteiger partial charge on any atom is -0.444 e. The van der Waals surface area contributed by atoms with E-state index in [1.807, 2.05) is 14.0 Å². The molecule has 0 bridgehead atoms. The maximum absolute atomic E-state index is 12.3. The Balaban J connectivity index is 2.14. The van der Waals surface area contributed by atoms with Gasteiger partial charge in [0.1, 0.15) is 5.76 Å². The summed E-state index contributed by atoms with van der Waals surface area (Å²) in [6.07, 6.45) is 0. The van der Waals surface area contributed by atoms with Gasteiger partial charge in [0.25, 0.3) is 0 Å². The lowest BCUT2D eigenvalue weighted by Crippen LogP contribution is -2.23. The van der Waals surface area contributed by atoms with E-state index >= 15 is 0 Å². The standard InChI is InChI=1S/C13H19N3O3S2/c1-8-9(2)19-13(16-8)7-15-21(17,18)12-5-11(6-14-4)20-10(12)3/h5,14-15H,6-7H2,1-4H3. The molecular formula is C13H19N3O3S2. The number of nitrogens with zero attached hydrogens (tertiary/aromatic N) is 1. The van der Waals surface area contributed by atoms with Crippen molar-refractivity contribution in [3.05, 3.63) is 33.2 Å². The van der Waals surface area contributed by atoms with Crippen molar-refractivity contribution < 1.29 is 12.8 Å². The second-order valence-electron chi connectivity index (χ2n) is 4.74. The van der Waals surface area contributed by atoms with E-state index in [4.69, 9.17) is 4.42 Å². The van der Waals surface area contributed by atoms with Crippen LogP contribution >= 0.6 is 11.3 Å². The van der Waals surface area contributed by atoms with E-state index in [0.29, 0.717) is 23.1 Å². The highest BCUT2D eigenvalue weighted by atomic mass is 32.2. The van der Waals surface area contributed by atoms with E-state index in [2.05, 4.69) is 15.0 Å². The Bertz CT molecular complexity index is 712. The van der Waals surface area contributed by atoms with E-state index < -0.39 is 10.0 Å². The number of thiophene rings is 1. The predicted molar refractivity (Wildman–Crippen MR) is 81.8 cm³/mol. The zero-order chi connectivity index (χ0) is 15.6. The lowest BCUT2D eigenvalue weighted by Gasteiger charge is -2.03. The molecule has 0 fully saturated rings. The second-order valence-corrected chi connectivity index (χ2v) is 7.81. The minimum absolute atomic E-state index is 0.0493.